The number of halogens is 5. The minimum absolute atomic E-state index is 0.00799. The minimum Gasteiger partial charge on any atom is -0.496 e. The molecule has 0 aliphatic carbocycles. The van der Waals surface area contributed by atoms with Crippen molar-refractivity contribution < 1.29 is 53.6 Å². The van der Waals surface area contributed by atoms with Crippen LogP contribution in [0.3, 0.4) is 0 Å². The van der Waals surface area contributed by atoms with Gasteiger partial charge in [0.15, 0.2) is 0 Å². The summed E-state index contributed by atoms with van der Waals surface area (Å²) in [7, 11) is -3.24. The molecule has 1 amide bonds. The molecule has 1 aliphatic rings. The minimum atomic E-state index is -6.15. The van der Waals surface area contributed by atoms with Gasteiger partial charge in [0.25, 0.3) is 0 Å². The van der Waals surface area contributed by atoms with Crippen LogP contribution >= 0.6 is 11.3 Å². The lowest BCUT2D eigenvalue weighted by molar-refractivity contribution is -0.0500. The van der Waals surface area contributed by atoms with Crippen LogP contribution in [0.1, 0.15) is 60.1 Å². The number of thiophene rings is 1. The first-order valence-corrected chi connectivity index (χ1v) is 18.2. The quantitative estimate of drug-likeness (QED) is 0.0752. The van der Waals surface area contributed by atoms with Gasteiger partial charge in [-0.1, -0.05) is 27.2 Å². The van der Waals surface area contributed by atoms with Crippen molar-refractivity contribution in [1.29, 1.82) is 0 Å². The van der Waals surface area contributed by atoms with E-state index in [-0.39, 0.29) is 58.0 Å². The van der Waals surface area contributed by atoms with E-state index in [4.69, 9.17) is 14.2 Å². The highest BCUT2D eigenvalue weighted by molar-refractivity contribution is 7.88. The van der Waals surface area contributed by atoms with Crippen molar-refractivity contribution in [2.24, 2.45) is 0 Å². The fourth-order valence-electron chi connectivity index (χ4n) is 4.74. The van der Waals surface area contributed by atoms with Gasteiger partial charge >= 0.3 is 21.7 Å². The number of methoxy groups -OCH3 is 2. The number of carbonyl (C=O) groups excluding carboxylic acids is 1. The van der Waals surface area contributed by atoms with Crippen molar-refractivity contribution in [1.82, 2.24) is 19.7 Å². The molecule has 51 heavy (non-hydrogen) atoms. The molecule has 0 unspecified atom stereocenters. The van der Waals surface area contributed by atoms with Gasteiger partial charge in [-0.15, -0.1) is 11.3 Å². The number of rotatable bonds is 8. The van der Waals surface area contributed by atoms with Gasteiger partial charge in [0.05, 0.1) is 41.5 Å². The topological polar surface area (TPSA) is 122 Å². The summed E-state index contributed by atoms with van der Waals surface area (Å²) in [5, 5.41) is 5.71. The van der Waals surface area contributed by atoms with Crippen molar-refractivity contribution in [2.45, 2.75) is 78.6 Å². The third-order valence-corrected chi connectivity index (χ3v) is 8.80. The maximum Gasteiger partial charge on any atom is 0.534 e. The Labute approximate surface area is 297 Å². The second-order valence-corrected chi connectivity index (χ2v) is 14.2. The van der Waals surface area contributed by atoms with Gasteiger partial charge in [-0.2, -0.15) is 26.7 Å². The van der Waals surface area contributed by atoms with E-state index < -0.39 is 44.8 Å². The zero-order valence-electron chi connectivity index (χ0n) is 29.5. The summed E-state index contributed by atoms with van der Waals surface area (Å²) < 4.78 is 115. The molecule has 4 heterocycles. The van der Waals surface area contributed by atoms with Gasteiger partial charge in [-0.25, -0.2) is 18.6 Å². The van der Waals surface area contributed by atoms with Crippen molar-refractivity contribution in [3.8, 4) is 34.1 Å². The van der Waals surface area contributed by atoms with Gasteiger partial charge in [0, 0.05) is 38.0 Å². The summed E-state index contributed by atoms with van der Waals surface area (Å²) in [6, 6.07) is 4.23. The Balaban J connectivity index is 0.000000796. The standard InChI is InChI=1S/C26H23F5N4O6S2.C5H12O.C2H6/c1-25(2,3)40-24(36)34-6-7-35-14(12-34)11-17(33-35)21-20(19-16(28)9-13(27)10-18(19)39-4)22-15(5-8-42-22)23(32-21)41-43(37,38)26(29,30)31;1-3-4-5-6-2;1-2/h5,8-11H,6-7,12H2,1-4H3;3-5H2,1-2H3;1-2H3. The van der Waals surface area contributed by atoms with E-state index >= 15 is 4.39 Å². The summed E-state index contributed by atoms with van der Waals surface area (Å²) in [5.41, 5.74) is -6.64. The molecule has 0 radical (unpaired) electrons. The van der Waals surface area contributed by atoms with Crippen LogP contribution in [0.15, 0.2) is 29.6 Å². The van der Waals surface area contributed by atoms with Crippen LogP contribution in [0.25, 0.3) is 32.6 Å². The summed E-state index contributed by atoms with van der Waals surface area (Å²) in [4.78, 5) is 18.2. The average molecular weight is 765 g/mol. The first-order valence-electron chi connectivity index (χ1n) is 15.9. The van der Waals surface area contributed by atoms with E-state index in [2.05, 4.69) is 21.2 Å². The number of aromatic nitrogens is 3. The van der Waals surface area contributed by atoms with Crippen LogP contribution in [0.5, 0.6) is 11.6 Å². The number of amides is 1. The molecule has 0 spiro atoms. The van der Waals surface area contributed by atoms with Crippen molar-refractivity contribution in [3.05, 3.63) is 47.0 Å². The number of hydrogen-bond acceptors (Lipinski definition) is 10. The number of ether oxygens (including phenoxy) is 3. The second kappa shape index (κ2) is 17.0. The first kappa shape index (κ1) is 41.4. The zero-order valence-corrected chi connectivity index (χ0v) is 31.1. The molecule has 0 N–H and O–H groups in total. The Morgan fingerprint density at radius 2 is 1.73 bits per heavy atom. The molecule has 4 aromatic rings. The predicted octanol–water partition coefficient (Wildman–Crippen LogP) is 8.55. The molecular formula is C33H41F5N4O7S2. The Kier molecular flexibility index (Phi) is 13.8. The SMILES string of the molecule is CC.CCCCOC.COc1cc(F)cc(F)c1-c1c(-c2cc3n(n2)CCN(C(=O)OC(C)(C)C)C3)nc(OS(=O)(=O)C(F)(F)F)c2ccsc12. The lowest BCUT2D eigenvalue weighted by atomic mass is 9.99. The largest absolute Gasteiger partial charge is 0.534 e. The van der Waals surface area contributed by atoms with Crippen molar-refractivity contribution in [3.63, 3.8) is 0 Å². The number of alkyl halides is 3. The van der Waals surface area contributed by atoms with Crippen LogP contribution < -0.4 is 8.92 Å². The lowest BCUT2D eigenvalue weighted by Gasteiger charge is -2.30. The summed E-state index contributed by atoms with van der Waals surface area (Å²) in [5.74, 6) is -3.21. The fraction of sp³-hybridized carbons (Fsp3) is 0.485. The van der Waals surface area contributed by atoms with E-state index in [9.17, 15) is 30.8 Å². The lowest BCUT2D eigenvalue weighted by Crippen LogP contribution is -2.41. The number of carbonyl (C=O) groups is 1. The van der Waals surface area contributed by atoms with E-state index in [1.807, 2.05) is 13.8 Å². The predicted molar refractivity (Wildman–Crippen MR) is 183 cm³/mol. The third-order valence-electron chi connectivity index (χ3n) is 6.93. The highest BCUT2D eigenvalue weighted by Gasteiger charge is 2.49. The Bertz CT molecular complexity index is 1920. The van der Waals surface area contributed by atoms with Gasteiger partial charge < -0.3 is 23.3 Å². The normalized spacial score (nSPS) is 13.1. The molecule has 282 valence electrons. The number of fused-ring (bicyclic) bond motifs is 2. The summed E-state index contributed by atoms with van der Waals surface area (Å²) in [6.45, 7) is 12.7. The van der Waals surface area contributed by atoms with Crippen molar-refractivity contribution >= 4 is 37.6 Å². The molecule has 18 heteroatoms. The molecule has 11 nitrogen and oxygen atoms in total. The Morgan fingerprint density at radius 3 is 2.29 bits per heavy atom. The van der Waals surface area contributed by atoms with E-state index in [0.717, 1.165) is 24.0 Å². The van der Waals surface area contributed by atoms with Crippen LogP contribution in [-0.4, -0.2) is 72.7 Å². The molecular weight excluding hydrogens is 724 g/mol. The Morgan fingerprint density at radius 1 is 1.04 bits per heavy atom. The molecule has 3 aromatic heterocycles. The number of hydrogen-bond donors (Lipinski definition) is 0. The molecule has 0 atom stereocenters. The van der Waals surface area contributed by atoms with Gasteiger partial charge in [-0.3, -0.25) is 4.68 Å². The number of nitrogens with zero attached hydrogens (tertiary/aromatic N) is 4. The summed E-state index contributed by atoms with van der Waals surface area (Å²) in [6.07, 6.45) is 1.84. The van der Waals surface area contributed by atoms with Crippen LogP contribution in [0.4, 0.5) is 26.7 Å². The monoisotopic (exact) mass is 764 g/mol. The zero-order chi connectivity index (χ0) is 38.3. The molecule has 1 aliphatic heterocycles. The molecule has 0 saturated carbocycles. The Hall–Kier alpha value is -4.03. The maximum atomic E-state index is 15.4. The van der Waals surface area contributed by atoms with Gasteiger partial charge in [0.1, 0.15) is 34.4 Å². The second-order valence-electron chi connectivity index (χ2n) is 11.7. The molecule has 1 aromatic carbocycles. The van der Waals surface area contributed by atoms with Crippen LogP contribution in [0.2, 0.25) is 0 Å². The van der Waals surface area contributed by atoms with E-state index in [1.165, 1.54) is 47.0 Å². The van der Waals surface area contributed by atoms with Crippen LogP contribution in [0, 0.1) is 11.6 Å². The molecule has 0 fully saturated rings. The van der Waals surface area contributed by atoms with Gasteiger partial charge in [-0.05, 0) is 44.7 Å². The highest BCUT2D eigenvalue weighted by Crippen LogP contribution is 2.47. The molecule has 5 rings (SSSR count). The fourth-order valence-corrected chi connectivity index (χ4v) is 6.10. The number of unbranched alkanes of at least 4 members (excludes halogenated alkanes) is 1. The average Bonchev–Trinajstić information content (AvgIpc) is 3.71. The highest BCUT2D eigenvalue weighted by atomic mass is 32.2. The third kappa shape index (κ3) is 9.85. The number of benzene rings is 1. The maximum absolute atomic E-state index is 15.4. The van der Waals surface area contributed by atoms with Gasteiger partial charge in [0.2, 0.25) is 5.88 Å². The van der Waals surface area contributed by atoms with Crippen molar-refractivity contribution in [2.75, 3.05) is 27.4 Å². The van der Waals surface area contributed by atoms with E-state index in [0.29, 0.717) is 11.8 Å². The number of pyridine rings is 1. The first-order chi connectivity index (χ1) is 23.9. The smallest absolute Gasteiger partial charge is 0.496 e. The van der Waals surface area contributed by atoms with E-state index in [1.54, 1.807) is 27.9 Å². The molecule has 0 bridgehead atoms. The molecule has 0 saturated heterocycles. The van der Waals surface area contributed by atoms with Crippen LogP contribution in [-0.2, 0) is 32.7 Å². The summed E-state index contributed by atoms with van der Waals surface area (Å²) >= 11 is 0.926.